The second-order valence-electron chi connectivity index (χ2n) is 6.24. The van der Waals surface area contributed by atoms with Crippen molar-refractivity contribution in [3.63, 3.8) is 0 Å². The van der Waals surface area contributed by atoms with E-state index in [-0.39, 0.29) is 12.0 Å². The number of fused-ring (bicyclic) bond motifs is 1. The zero-order valence-electron chi connectivity index (χ0n) is 14.4. The van der Waals surface area contributed by atoms with E-state index in [2.05, 4.69) is 15.0 Å². The molecule has 2 N–H and O–H groups in total. The number of nitrogen functional groups attached to an aromatic ring is 1. The van der Waals surface area contributed by atoms with Gasteiger partial charge in [-0.3, -0.25) is 4.98 Å². The Balaban J connectivity index is 1.89. The van der Waals surface area contributed by atoms with Crippen molar-refractivity contribution in [2.24, 2.45) is 0 Å². The van der Waals surface area contributed by atoms with Gasteiger partial charge in [-0.1, -0.05) is 0 Å². The summed E-state index contributed by atoms with van der Waals surface area (Å²) in [6.45, 7) is 1.85. The number of carbonyl (C=O) groups excluding carboxylic acids is 1. The van der Waals surface area contributed by atoms with Gasteiger partial charge in [0.25, 0.3) is 0 Å². The zero-order valence-corrected chi connectivity index (χ0v) is 14.4. The molecule has 1 atom stereocenters. The van der Waals surface area contributed by atoms with Crippen molar-refractivity contribution in [2.75, 3.05) is 12.8 Å². The van der Waals surface area contributed by atoms with Crippen LogP contribution >= 0.6 is 0 Å². The van der Waals surface area contributed by atoms with E-state index in [1.165, 1.54) is 0 Å². The lowest BCUT2D eigenvalue weighted by molar-refractivity contribution is 0.369. The molecule has 7 heteroatoms. The van der Waals surface area contributed by atoms with Gasteiger partial charge in [0.1, 0.15) is 17.2 Å². The lowest BCUT2D eigenvalue weighted by Gasteiger charge is -2.21. The fourth-order valence-corrected chi connectivity index (χ4v) is 3.33. The maximum absolute atomic E-state index is 11.7. The predicted octanol–water partition coefficient (Wildman–Crippen LogP) is 2.42. The molecule has 26 heavy (non-hydrogen) atoms. The summed E-state index contributed by atoms with van der Waals surface area (Å²) in [6, 6.07) is 7.39. The summed E-state index contributed by atoms with van der Waals surface area (Å²) in [5, 5.41) is 0. The molecule has 0 aromatic carbocycles. The highest BCUT2D eigenvalue weighted by atomic mass is 16.3. The Morgan fingerprint density at radius 1 is 1.23 bits per heavy atom. The molecule has 0 saturated carbocycles. The first-order valence-corrected chi connectivity index (χ1v) is 8.20. The molecule has 0 saturated heterocycles. The average molecular weight is 347 g/mol. The molecule has 1 unspecified atom stereocenters. The highest BCUT2D eigenvalue weighted by Gasteiger charge is 2.37. The van der Waals surface area contributed by atoms with Crippen molar-refractivity contribution < 1.29 is 9.21 Å². The van der Waals surface area contributed by atoms with E-state index >= 15 is 0 Å². The molecule has 0 radical (unpaired) electrons. The van der Waals surface area contributed by atoms with E-state index in [1.54, 1.807) is 12.4 Å². The van der Waals surface area contributed by atoms with Gasteiger partial charge in [-0.25, -0.2) is 14.8 Å². The monoisotopic (exact) mass is 347 g/mol. The Kier molecular flexibility index (Phi) is 3.78. The first-order chi connectivity index (χ1) is 12.6. The molecule has 0 amide bonds. The molecular weight excluding hydrogens is 330 g/mol. The third-order valence-corrected chi connectivity index (χ3v) is 4.58. The first-order valence-electron chi connectivity index (χ1n) is 8.20. The number of pyridine rings is 1. The highest BCUT2D eigenvalue weighted by Crippen LogP contribution is 2.44. The molecular formula is C19H17N5O2. The van der Waals surface area contributed by atoms with Crippen LogP contribution in [-0.2, 0) is 11.2 Å². The number of furan rings is 1. The Bertz CT molecular complexity index is 1020. The van der Waals surface area contributed by atoms with Gasteiger partial charge >= 0.3 is 0 Å². The summed E-state index contributed by atoms with van der Waals surface area (Å²) < 4.78 is 5.72. The summed E-state index contributed by atoms with van der Waals surface area (Å²) in [6.07, 6.45) is 4.14. The topological polar surface area (TPSA) is 98.1 Å². The first kappa shape index (κ1) is 16.1. The van der Waals surface area contributed by atoms with E-state index in [0.29, 0.717) is 34.8 Å². The SMILES string of the molecule is Cc1ccc(-c2nc(N)nc3c2C(=C=O)N(C)C3Cc2ccncc2)o1. The lowest BCUT2D eigenvalue weighted by Crippen LogP contribution is -2.19. The smallest absolute Gasteiger partial charge is 0.221 e. The van der Waals surface area contributed by atoms with Gasteiger partial charge in [-0.2, -0.15) is 0 Å². The minimum absolute atomic E-state index is 0.146. The molecule has 3 aromatic heterocycles. The van der Waals surface area contributed by atoms with Crippen LogP contribution < -0.4 is 5.73 Å². The highest BCUT2D eigenvalue weighted by molar-refractivity contribution is 5.94. The third-order valence-electron chi connectivity index (χ3n) is 4.58. The Labute approximate surface area is 150 Å². The van der Waals surface area contributed by atoms with E-state index < -0.39 is 0 Å². The van der Waals surface area contributed by atoms with Crippen molar-refractivity contribution in [3.05, 3.63) is 59.2 Å². The standard InChI is InChI=1S/C19H17N5O2/c1-11-3-4-15(26-11)18-16-14(10-25)24(2)13(17(16)22-19(20)23-18)9-12-5-7-21-8-6-12/h3-8,13H,9H2,1-2H3,(H2,20,22,23). The van der Waals surface area contributed by atoms with E-state index in [1.807, 2.05) is 49.1 Å². The number of aryl methyl sites for hydroxylation is 1. The number of likely N-dealkylation sites (N-methyl/N-ethyl adjacent to an activating group) is 1. The van der Waals surface area contributed by atoms with Gasteiger partial charge in [-0.05, 0) is 43.2 Å². The van der Waals surface area contributed by atoms with Gasteiger partial charge < -0.3 is 15.1 Å². The molecule has 0 bridgehead atoms. The van der Waals surface area contributed by atoms with Gasteiger partial charge in [0, 0.05) is 19.4 Å². The van der Waals surface area contributed by atoms with Crippen LogP contribution in [0, 0.1) is 6.92 Å². The lowest BCUT2D eigenvalue weighted by atomic mass is 10.0. The maximum Gasteiger partial charge on any atom is 0.221 e. The van der Waals surface area contributed by atoms with E-state index in [9.17, 15) is 4.79 Å². The second-order valence-corrected chi connectivity index (χ2v) is 6.24. The van der Waals surface area contributed by atoms with Gasteiger partial charge in [0.15, 0.2) is 11.7 Å². The van der Waals surface area contributed by atoms with Crippen molar-refractivity contribution in [3.8, 4) is 11.5 Å². The molecule has 1 aliphatic rings. The van der Waals surface area contributed by atoms with Crippen molar-refractivity contribution in [1.29, 1.82) is 0 Å². The summed E-state index contributed by atoms with van der Waals surface area (Å²) in [4.78, 5) is 26.4. The Morgan fingerprint density at radius 2 is 2.00 bits per heavy atom. The third kappa shape index (κ3) is 2.55. The summed E-state index contributed by atoms with van der Waals surface area (Å²) in [5.41, 5.74) is 9.31. The fraction of sp³-hybridized carbons (Fsp3) is 0.211. The number of nitrogens with zero attached hydrogens (tertiary/aromatic N) is 4. The number of aromatic nitrogens is 3. The summed E-state index contributed by atoms with van der Waals surface area (Å²) >= 11 is 0. The van der Waals surface area contributed by atoms with Gasteiger partial charge in [0.05, 0.1) is 17.3 Å². The predicted molar refractivity (Wildman–Crippen MR) is 96.4 cm³/mol. The molecule has 3 aromatic rings. The number of rotatable bonds is 3. The van der Waals surface area contributed by atoms with Crippen LogP contribution in [0.4, 0.5) is 5.95 Å². The summed E-state index contributed by atoms with van der Waals surface area (Å²) in [7, 11) is 1.85. The summed E-state index contributed by atoms with van der Waals surface area (Å²) in [5.74, 6) is 3.49. The minimum Gasteiger partial charge on any atom is -0.460 e. The molecule has 4 rings (SSSR count). The number of nitrogens with two attached hydrogens (primary N) is 1. The van der Waals surface area contributed by atoms with Crippen LogP contribution in [-0.4, -0.2) is 32.8 Å². The molecule has 130 valence electrons. The molecule has 7 nitrogen and oxygen atoms in total. The van der Waals surface area contributed by atoms with Crippen molar-refractivity contribution >= 4 is 17.6 Å². The van der Waals surface area contributed by atoms with Crippen LogP contribution in [0.15, 0.2) is 41.1 Å². The van der Waals surface area contributed by atoms with Crippen molar-refractivity contribution in [2.45, 2.75) is 19.4 Å². The second kappa shape index (κ2) is 6.13. The number of hydrogen-bond donors (Lipinski definition) is 1. The van der Waals surface area contributed by atoms with Crippen LogP contribution in [0.5, 0.6) is 0 Å². The van der Waals surface area contributed by atoms with Crippen molar-refractivity contribution in [1.82, 2.24) is 19.9 Å². The average Bonchev–Trinajstić information content (AvgIpc) is 3.18. The largest absolute Gasteiger partial charge is 0.460 e. The molecule has 0 spiro atoms. The minimum atomic E-state index is -0.149. The van der Waals surface area contributed by atoms with E-state index in [0.717, 1.165) is 11.3 Å². The molecule has 0 fully saturated rings. The molecule has 4 heterocycles. The van der Waals surface area contributed by atoms with Crippen LogP contribution in [0.3, 0.4) is 0 Å². The Morgan fingerprint density at radius 3 is 2.65 bits per heavy atom. The number of anilines is 1. The van der Waals surface area contributed by atoms with Crippen LogP contribution in [0.1, 0.15) is 28.6 Å². The van der Waals surface area contributed by atoms with Gasteiger partial charge in [-0.15, -0.1) is 0 Å². The quantitative estimate of drug-likeness (QED) is 0.727. The normalized spacial score (nSPS) is 15.8. The van der Waals surface area contributed by atoms with Gasteiger partial charge in [0.2, 0.25) is 5.95 Å². The zero-order chi connectivity index (χ0) is 18.3. The maximum atomic E-state index is 11.7. The molecule has 0 aliphatic carbocycles. The van der Waals surface area contributed by atoms with Crippen LogP contribution in [0.25, 0.3) is 17.2 Å². The molecule has 1 aliphatic heterocycles. The number of hydrogen-bond acceptors (Lipinski definition) is 7. The van der Waals surface area contributed by atoms with Crippen LogP contribution in [0.2, 0.25) is 0 Å². The fourth-order valence-electron chi connectivity index (χ4n) is 3.33. The Hall–Kier alpha value is -3.44. The van der Waals surface area contributed by atoms with E-state index in [4.69, 9.17) is 10.2 Å².